The number of ether oxygens (including phenoxy) is 1. The summed E-state index contributed by atoms with van der Waals surface area (Å²) in [5, 5.41) is 0. The van der Waals surface area contributed by atoms with Crippen molar-refractivity contribution in [3.05, 3.63) is 0 Å². The summed E-state index contributed by atoms with van der Waals surface area (Å²) in [6.07, 6.45) is 11.1. The van der Waals surface area contributed by atoms with Gasteiger partial charge in [0, 0.05) is 12.1 Å². The first-order chi connectivity index (χ1) is 8.61. The molecular formula is C16H35NO. The molecule has 0 aromatic heterocycles. The van der Waals surface area contributed by atoms with Crippen LogP contribution < -0.4 is 5.73 Å². The summed E-state index contributed by atoms with van der Waals surface area (Å²) in [5.41, 5.74) is 6.29. The van der Waals surface area contributed by atoms with Gasteiger partial charge in [-0.25, -0.2) is 0 Å². The minimum absolute atomic E-state index is 0.0138. The van der Waals surface area contributed by atoms with Crippen LogP contribution in [-0.2, 0) is 4.74 Å². The van der Waals surface area contributed by atoms with Crippen LogP contribution in [0, 0.1) is 0 Å². The van der Waals surface area contributed by atoms with Crippen LogP contribution in [0.1, 0.15) is 85.5 Å². The fourth-order valence-corrected chi connectivity index (χ4v) is 2.21. The summed E-state index contributed by atoms with van der Waals surface area (Å²) in [4.78, 5) is 0. The second-order valence-electron chi connectivity index (χ2n) is 5.60. The predicted octanol–water partition coefficient (Wildman–Crippen LogP) is 4.66. The van der Waals surface area contributed by atoms with Crippen LogP contribution in [0.5, 0.6) is 0 Å². The predicted molar refractivity (Wildman–Crippen MR) is 80.9 cm³/mol. The highest BCUT2D eigenvalue weighted by Crippen LogP contribution is 2.18. The molecule has 0 spiro atoms. The fraction of sp³-hybridized carbons (Fsp3) is 1.00. The van der Waals surface area contributed by atoms with Gasteiger partial charge in [0.05, 0.1) is 6.10 Å². The molecule has 0 aromatic carbocycles. The molecule has 110 valence electrons. The Morgan fingerprint density at radius 2 is 1.44 bits per heavy atom. The lowest BCUT2D eigenvalue weighted by molar-refractivity contribution is 0.0275. The Balaban J connectivity index is 3.93. The van der Waals surface area contributed by atoms with Crippen LogP contribution >= 0.6 is 0 Å². The molecule has 0 aliphatic heterocycles. The van der Waals surface area contributed by atoms with E-state index in [1.807, 2.05) is 0 Å². The second-order valence-corrected chi connectivity index (χ2v) is 5.60. The average molecular weight is 257 g/mol. The van der Waals surface area contributed by atoms with Gasteiger partial charge < -0.3 is 10.5 Å². The second kappa shape index (κ2) is 10.8. The Labute approximate surface area is 115 Å². The maximum atomic E-state index is 6.30. The Morgan fingerprint density at radius 1 is 0.944 bits per heavy atom. The molecule has 0 fully saturated rings. The first kappa shape index (κ1) is 17.9. The Kier molecular flexibility index (Phi) is 10.8. The third-order valence-electron chi connectivity index (χ3n) is 4.12. The zero-order valence-electron chi connectivity index (χ0n) is 13.1. The molecular weight excluding hydrogens is 222 g/mol. The molecule has 0 bridgehead atoms. The highest BCUT2D eigenvalue weighted by molar-refractivity contribution is 4.80. The van der Waals surface area contributed by atoms with Gasteiger partial charge in [0.25, 0.3) is 0 Å². The first-order valence-electron chi connectivity index (χ1n) is 8.02. The third-order valence-corrected chi connectivity index (χ3v) is 4.12. The molecule has 0 aromatic rings. The van der Waals surface area contributed by atoms with E-state index in [1.54, 1.807) is 0 Å². The van der Waals surface area contributed by atoms with Gasteiger partial charge in [-0.15, -0.1) is 0 Å². The summed E-state index contributed by atoms with van der Waals surface area (Å²) in [6, 6.07) is 0. The van der Waals surface area contributed by atoms with E-state index in [2.05, 4.69) is 27.7 Å². The molecule has 0 radical (unpaired) electrons. The van der Waals surface area contributed by atoms with E-state index in [-0.39, 0.29) is 5.54 Å². The van der Waals surface area contributed by atoms with Gasteiger partial charge in [-0.1, -0.05) is 53.4 Å². The van der Waals surface area contributed by atoms with Crippen molar-refractivity contribution in [2.45, 2.75) is 97.1 Å². The molecule has 0 unspecified atom stereocenters. The summed E-state index contributed by atoms with van der Waals surface area (Å²) in [5.74, 6) is 0. The van der Waals surface area contributed by atoms with Crippen molar-refractivity contribution in [2.75, 3.05) is 6.61 Å². The molecule has 18 heavy (non-hydrogen) atoms. The monoisotopic (exact) mass is 257 g/mol. The Hall–Kier alpha value is -0.0800. The van der Waals surface area contributed by atoms with Crippen LogP contribution in [0.3, 0.4) is 0 Å². The van der Waals surface area contributed by atoms with Crippen molar-refractivity contribution in [3.63, 3.8) is 0 Å². The van der Waals surface area contributed by atoms with Crippen molar-refractivity contribution in [3.8, 4) is 0 Å². The van der Waals surface area contributed by atoms with Crippen molar-refractivity contribution < 1.29 is 4.74 Å². The molecule has 2 N–H and O–H groups in total. The minimum Gasteiger partial charge on any atom is -0.378 e. The summed E-state index contributed by atoms with van der Waals surface area (Å²) in [7, 11) is 0. The highest BCUT2D eigenvalue weighted by atomic mass is 16.5. The van der Waals surface area contributed by atoms with E-state index in [0.717, 1.165) is 25.9 Å². The zero-order valence-corrected chi connectivity index (χ0v) is 13.1. The third kappa shape index (κ3) is 8.10. The normalized spacial score (nSPS) is 12.3. The lowest BCUT2D eigenvalue weighted by Crippen LogP contribution is -2.39. The molecule has 0 aliphatic carbocycles. The Bertz CT molecular complexity index is 170. The zero-order chi connectivity index (χ0) is 13.9. The molecule has 0 rings (SSSR count). The van der Waals surface area contributed by atoms with Crippen molar-refractivity contribution in [1.82, 2.24) is 0 Å². The molecule has 0 saturated carbocycles. The van der Waals surface area contributed by atoms with E-state index in [0.29, 0.717) is 6.10 Å². The number of rotatable bonds is 12. The SMILES string of the molecule is CCCCC(CCCC)OCCC(N)(CC)CC. The molecule has 2 nitrogen and oxygen atoms in total. The van der Waals surface area contributed by atoms with Crippen molar-refractivity contribution in [1.29, 1.82) is 0 Å². The molecule has 0 aliphatic rings. The largest absolute Gasteiger partial charge is 0.378 e. The number of nitrogens with two attached hydrogens (primary N) is 1. The van der Waals surface area contributed by atoms with Gasteiger partial charge in [0.2, 0.25) is 0 Å². The number of hydrogen-bond donors (Lipinski definition) is 1. The maximum absolute atomic E-state index is 6.30. The van der Waals surface area contributed by atoms with E-state index in [9.17, 15) is 0 Å². The summed E-state index contributed by atoms with van der Waals surface area (Å²) >= 11 is 0. The topological polar surface area (TPSA) is 35.2 Å². The molecule has 0 heterocycles. The first-order valence-corrected chi connectivity index (χ1v) is 8.02. The summed E-state index contributed by atoms with van der Waals surface area (Å²) < 4.78 is 6.07. The van der Waals surface area contributed by atoms with E-state index in [4.69, 9.17) is 10.5 Å². The molecule has 0 atom stereocenters. The van der Waals surface area contributed by atoms with Crippen LogP contribution in [0.4, 0.5) is 0 Å². The lowest BCUT2D eigenvalue weighted by atomic mass is 9.91. The van der Waals surface area contributed by atoms with Gasteiger partial charge in [-0.05, 0) is 32.1 Å². The van der Waals surface area contributed by atoms with Crippen LogP contribution in [-0.4, -0.2) is 18.2 Å². The van der Waals surface area contributed by atoms with Gasteiger partial charge in [-0.3, -0.25) is 0 Å². The van der Waals surface area contributed by atoms with E-state index < -0.39 is 0 Å². The van der Waals surface area contributed by atoms with Crippen LogP contribution in [0.15, 0.2) is 0 Å². The Morgan fingerprint density at radius 3 is 1.83 bits per heavy atom. The van der Waals surface area contributed by atoms with Crippen LogP contribution in [0.2, 0.25) is 0 Å². The molecule has 2 heteroatoms. The summed E-state index contributed by atoms with van der Waals surface area (Å²) in [6.45, 7) is 9.67. The van der Waals surface area contributed by atoms with Gasteiger partial charge in [-0.2, -0.15) is 0 Å². The van der Waals surface area contributed by atoms with Crippen molar-refractivity contribution in [2.24, 2.45) is 5.73 Å². The maximum Gasteiger partial charge on any atom is 0.0575 e. The van der Waals surface area contributed by atoms with E-state index >= 15 is 0 Å². The number of hydrogen-bond acceptors (Lipinski definition) is 2. The van der Waals surface area contributed by atoms with Crippen LogP contribution in [0.25, 0.3) is 0 Å². The fourth-order valence-electron chi connectivity index (χ4n) is 2.21. The van der Waals surface area contributed by atoms with Gasteiger partial charge in [0.1, 0.15) is 0 Å². The smallest absolute Gasteiger partial charge is 0.0575 e. The van der Waals surface area contributed by atoms with Gasteiger partial charge in [0.15, 0.2) is 0 Å². The van der Waals surface area contributed by atoms with E-state index in [1.165, 1.54) is 38.5 Å². The molecule has 0 amide bonds. The number of unbranched alkanes of at least 4 members (excludes halogenated alkanes) is 2. The minimum atomic E-state index is -0.0138. The lowest BCUT2D eigenvalue weighted by Gasteiger charge is -2.27. The van der Waals surface area contributed by atoms with Crippen molar-refractivity contribution >= 4 is 0 Å². The molecule has 0 saturated heterocycles. The van der Waals surface area contributed by atoms with Gasteiger partial charge >= 0.3 is 0 Å². The highest BCUT2D eigenvalue weighted by Gasteiger charge is 2.20. The average Bonchev–Trinajstić information content (AvgIpc) is 2.40. The standard InChI is InChI=1S/C16H35NO/c1-5-9-11-15(12-10-6-2)18-14-13-16(17,7-3)8-4/h15H,5-14,17H2,1-4H3. The quantitative estimate of drug-likeness (QED) is 0.552.